The van der Waals surface area contributed by atoms with Gasteiger partial charge >= 0.3 is 0 Å². The van der Waals surface area contributed by atoms with Gasteiger partial charge in [0.05, 0.1) is 12.8 Å². The first-order valence-corrected chi connectivity index (χ1v) is 4.04. The van der Waals surface area contributed by atoms with Crippen LogP contribution in [0, 0.1) is 5.82 Å². The van der Waals surface area contributed by atoms with Crippen molar-refractivity contribution in [1.29, 1.82) is 0 Å². The molecule has 1 atom stereocenters. The van der Waals surface area contributed by atoms with Gasteiger partial charge in [-0.25, -0.2) is 15.2 Å². The monoisotopic (exact) mass is 201 g/mol. The van der Waals surface area contributed by atoms with Crippen LogP contribution in [0.1, 0.15) is 6.92 Å². The lowest BCUT2D eigenvalue weighted by Crippen LogP contribution is -2.22. The molecule has 0 aliphatic heterocycles. The van der Waals surface area contributed by atoms with E-state index in [4.69, 9.17) is 10.9 Å². The molecule has 7 heteroatoms. The van der Waals surface area contributed by atoms with Crippen molar-refractivity contribution in [3.63, 3.8) is 0 Å². The number of aromatic nitrogens is 2. The maximum atomic E-state index is 13.1. The van der Waals surface area contributed by atoms with Gasteiger partial charge in [0.1, 0.15) is 0 Å². The van der Waals surface area contributed by atoms with Crippen molar-refractivity contribution < 1.29 is 9.50 Å². The Morgan fingerprint density at radius 3 is 3.00 bits per heavy atom. The molecule has 1 heterocycles. The minimum absolute atomic E-state index is 0.00880. The molecule has 1 rings (SSSR count). The molecule has 0 saturated carbocycles. The van der Waals surface area contributed by atoms with E-state index < -0.39 is 5.82 Å². The van der Waals surface area contributed by atoms with Crippen molar-refractivity contribution in [1.82, 2.24) is 9.97 Å². The van der Waals surface area contributed by atoms with Crippen molar-refractivity contribution in [2.75, 3.05) is 17.3 Å². The van der Waals surface area contributed by atoms with E-state index in [-0.39, 0.29) is 24.4 Å². The average molecular weight is 201 g/mol. The quantitative estimate of drug-likeness (QED) is 0.394. The third-order valence-electron chi connectivity index (χ3n) is 1.53. The van der Waals surface area contributed by atoms with Crippen LogP contribution >= 0.6 is 0 Å². The molecule has 1 aromatic heterocycles. The maximum Gasteiger partial charge on any atom is 0.239 e. The van der Waals surface area contributed by atoms with Gasteiger partial charge in [-0.2, -0.15) is 4.98 Å². The second-order valence-electron chi connectivity index (χ2n) is 2.76. The van der Waals surface area contributed by atoms with Gasteiger partial charge in [0.15, 0.2) is 11.6 Å². The van der Waals surface area contributed by atoms with E-state index in [1.807, 2.05) is 0 Å². The van der Waals surface area contributed by atoms with Gasteiger partial charge in [0.2, 0.25) is 5.95 Å². The zero-order valence-electron chi connectivity index (χ0n) is 7.66. The highest BCUT2D eigenvalue weighted by molar-refractivity contribution is 5.41. The van der Waals surface area contributed by atoms with Gasteiger partial charge in [-0.05, 0) is 6.92 Å². The van der Waals surface area contributed by atoms with Crippen LogP contribution in [0.2, 0.25) is 0 Å². The van der Waals surface area contributed by atoms with Crippen LogP contribution in [0.15, 0.2) is 6.20 Å². The minimum atomic E-state index is -0.593. The topological polar surface area (TPSA) is 96.1 Å². The number of nitrogens with zero attached hydrogens (tertiary/aromatic N) is 2. The number of anilines is 2. The summed E-state index contributed by atoms with van der Waals surface area (Å²) in [5.41, 5.74) is 2.19. The fraction of sp³-hybridized carbons (Fsp3) is 0.429. The second kappa shape index (κ2) is 4.68. The van der Waals surface area contributed by atoms with Crippen LogP contribution < -0.4 is 16.6 Å². The van der Waals surface area contributed by atoms with Crippen LogP contribution in [0.4, 0.5) is 16.2 Å². The second-order valence-corrected chi connectivity index (χ2v) is 2.76. The molecule has 0 radical (unpaired) electrons. The molecule has 78 valence electrons. The number of hydrogen-bond donors (Lipinski definition) is 4. The molecule has 14 heavy (non-hydrogen) atoms. The Kier molecular flexibility index (Phi) is 3.55. The number of hydrogen-bond acceptors (Lipinski definition) is 6. The summed E-state index contributed by atoms with van der Waals surface area (Å²) in [6.07, 6.45) is 0.995. The normalized spacial score (nSPS) is 12.3. The Labute approximate surface area is 80.3 Å². The van der Waals surface area contributed by atoms with Gasteiger partial charge in [-0.3, -0.25) is 5.43 Å². The summed E-state index contributed by atoms with van der Waals surface area (Å²) in [7, 11) is 0. The van der Waals surface area contributed by atoms with Crippen molar-refractivity contribution in [2.45, 2.75) is 13.0 Å². The summed E-state index contributed by atoms with van der Waals surface area (Å²) in [6.45, 7) is 1.58. The van der Waals surface area contributed by atoms with Gasteiger partial charge in [-0.15, -0.1) is 0 Å². The summed E-state index contributed by atoms with van der Waals surface area (Å²) < 4.78 is 13.1. The van der Waals surface area contributed by atoms with Crippen molar-refractivity contribution in [3.8, 4) is 0 Å². The van der Waals surface area contributed by atoms with Crippen LogP contribution in [-0.2, 0) is 0 Å². The molecular formula is C7H12FN5O. The molecule has 0 aliphatic carbocycles. The summed E-state index contributed by atoms with van der Waals surface area (Å²) in [5, 5.41) is 11.4. The summed E-state index contributed by atoms with van der Waals surface area (Å²) in [5.74, 6) is 4.58. The fourth-order valence-electron chi connectivity index (χ4n) is 0.817. The first kappa shape index (κ1) is 10.6. The molecule has 0 aromatic carbocycles. The highest BCUT2D eigenvalue weighted by Gasteiger charge is 2.08. The molecule has 0 amide bonds. The van der Waals surface area contributed by atoms with E-state index in [9.17, 15) is 4.39 Å². The molecule has 6 nitrogen and oxygen atoms in total. The average Bonchev–Trinajstić information content (AvgIpc) is 2.21. The first-order chi connectivity index (χ1) is 6.67. The van der Waals surface area contributed by atoms with E-state index in [0.29, 0.717) is 0 Å². The van der Waals surface area contributed by atoms with E-state index in [0.717, 1.165) is 6.20 Å². The number of aliphatic hydroxyl groups excluding tert-OH is 1. The Hall–Kier alpha value is -1.47. The van der Waals surface area contributed by atoms with Crippen LogP contribution in [0.25, 0.3) is 0 Å². The Bertz CT molecular complexity index is 308. The van der Waals surface area contributed by atoms with Crippen LogP contribution in [0.5, 0.6) is 0 Å². The standard InChI is InChI=1S/C7H12FN5O/c1-4(3-14)11-6-5(8)2-10-7(12-6)13-9/h2,4,14H,3,9H2,1H3,(H2,10,11,12,13). The first-order valence-electron chi connectivity index (χ1n) is 4.04. The van der Waals surface area contributed by atoms with Crippen LogP contribution in [0.3, 0.4) is 0 Å². The largest absolute Gasteiger partial charge is 0.394 e. The smallest absolute Gasteiger partial charge is 0.239 e. The number of nitrogens with two attached hydrogens (primary N) is 1. The predicted octanol–water partition coefficient (Wildman–Crippen LogP) is -0.306. The van der Waals surface area contributed by atoms with Gasteiger partial charge < -0.3 is 10.4 Å². The lowest BCUT2D eigenvalue weighted by atomic mass is 10.3. The number of halogens is 1. The third kappa shape index (κ3) is 2.51. The van der Waals surface area contributed by atoms with Crippen molar-refractivity contribution in [3.05, 3.63) is 12.0 Å². The molecule has 0 saturated heterocycles. The number of rotatable bonds is 4. The van der Waals surface area contributed by atoms with Crippen molar-refractivity contribution in [2.24, 2.45) is 5.84 Å². The predicted molar refractivity (Wildman–Crippen MR) is 50.0 cm³/mol. The number of nitrogen functional groups attached to an aromatic ring is 1. The van der Waals surface area contributed by atoms with Gasteiger partial charge in [-0.1, -0.05) is 0 Å². The molecule has 1 aromatic rings. The zero-order valence-corrected chi connectivity index (χ0v) is 7.66. The van der Waals surface area contributed by atoms with E-state index in [2.05, 4.69) is 20.7 Å². The Balaban J connectivity index is 2.83. The SMILES string of the molecule is CC(CO)Nc1nc(NN)ncc1F. The molecule has 0 aliphatic rings. The van der Waals surface area contributed by atoms with E-state index >= 15 is 0 Å². The highest BCUT2D eigenvalue weighted by Crippen LogP contribution is 2.11. The molecule has 5 N–H and O–H groups in total. The van der Waals surface area contributed by atoms with Gasteiger partial charge in [0.25, 0.3) is 0 Å². The minimum Gasteiger partial charge on any atom is -0.394 e. The molecule has 1 unspecified atom stereocenters. The Morgan fingerprint density at radius 1 is 1.71 bits per heavy atom. The fourth-order valence-corrected chi connectivity index (χ4v) is 0.817. The highest BCUT2D eigenvalue weighted by atomic mass is 19.1. The molecule has 0 spiro atoms. The number of aliphatic hydroxyl groups is 1. The molecule has 0 fully saturated rings. The maximum absolute atomic E-state index is 13.1. The lowest BCUT2D eigenvalue weighted by molar-refractivity contribution is 0.281. The van der Waals surface area contributed by atoms with Crippen molar-refractivity contribution >= 4 is 11.8 Å². The number of nitrogens with one attached hydrogen (secondary N) is 2. The molecule has 0 bridgehead atoms. The number of hydrazine groups is 1. The zero-order chi connectivity index (χ0) is 10.6. The summed E-state index contributed by atoms with van der Waals surface area (Å²) >= 11 is 0. The third-order valence-corrected chi connectivity index (χ3v) is 1.53. The van der Waals surface area contributed by atoms with E-state index in [1.165, 1.54) is 0 Å². The van der Waals surface area contributed by atoms with Crippen LogP contribution in [-0.4, -0.2) is 27.7 Å². The lowest BCUT2D eigenvalue weighted by Gasteiger charge is -2.12. The molecular weight excluding hydrogens is 189 g/mol. The summed E-state index contributed by atoms with van der Waals surface area (Å²) in [6, 6.07) is -0.287. The van der Waals surface area contributed by atoms with Gasteiger partial charge in [0, 0.05) is 6.04 Å². The Morgan fingerprint density at radius 2 is 2.43 bits per heavy atom. The van der Waals surface area contributed by atoms with E-state index in [1.54, 1.807) is 6.92 Å². The summed E-state index contributed by atoms with van der Waals surface area (Å²) in [4.78, 5) is 7.30.